The summed E-state index contributed by atoms with van der Waals surface area (Å²) in [6, 6.07) is 0. The van der Waals surface area contributed by atoms with Gasteiger partial charge in [-0.1, -0.05) is 31.4 Å². The van der Waals surface area contributed by atoms with Crippen LogP contribution in [0.4, 0.5) is 0 Å². The van der Waals surface area contributed by atoms with E-state index >= 15 is 0 Å². The van der Waals surface area contributed by atoms with Gasteiger partial charge in [0.25, 0.3) is 0 Å². The van der Waals surface area contributed by atoms with E-state index in [0.717, 1.165) is 24.6 Å². The number of guanidine groups is 1. The topological polar surface area (TPSA) is 47.9 Å². The van der Waals surface area contributed by atoms with Crippen LogP contribution in [-0.2, 0) is 4.79 Å². The highest BCUT2D eigenvalue weighted by molar-refractivity contribution is 5.85. The van der Waals surface area contributed by atoms with Gasteiger partial charge in [-0.05, 0) is 31.6 Å². The smallest absolute Gasteiger partial charge is 0.243 e. The van der Waals surface area contributed by atoms with Crippen molar-refractivity contribution in [2.24, 2.45) is 10.4 Å². The van der Waals surface area contributed by atoms with Crippen LogP contribution >= 0.6 is 0 Å². The second-order valence-corrected chi connectivity index (χ2v) is 7.47. The Morgan fingerprint density at radius 2 is 1.96 bits per heavy atom. The Morgan fingerprint density at radius 1 is 1.26 bits per heavy atom. The summed E-state index contributed by atoms with van der Waals surface area (Å²) in [6.45, 7) is 8.98. The number of amides is 1. The molecule has 0 unspecified atom stereocenters. The minimum absolute atomic E-state index is 0.0335. The lowest BCUT2D eigenvalue weighted by Gasteiger charge is -2.33. The number of nitrogens with zero attached hydrogens (tertiary/aromatic N) is 3. The Balaban J connectivity index is 2.02. The van der Waals surface area contributed by atoms with E-state index in [-0.39, 0.29) is 12.5 Å². The Labute approximate surface area is 140 Å². The van der Waals surface area contributed by atoms with E-state index in [0.29, 0.717) is 12.0 Å². The standard InChI is InChI=1S/C18H32N4O/c1-15(2)12-19-17(20-13-16(23)21(3)4)22-11-10-18(14-22)8-6-5-7-9-18/h1,5-14H2,2-4H3,(H,19,20). The van der Waals surface area contributed by atoms with Gasteiger partial charge in [0.2, 0.25) is 5.91 Å². The predicted octanol–water partition coefficient (Wildman–Crippen LogP) is 2.25. The molecule has 1 heterocycles. The quantitative estimate of drug-likeness (QED) is 0.491. The molecule has 0 bridgehead atoms. The molecule has 5 heteroatoms. The monoisotopic (exact) mass is 320 g/mol. The van der Waals surface area contributed by atoms with Crippen molar-refractivity contribution in [1.82, 2.24) is 15.1 Å². The summed E-state index contributed by atoms with van der Waals surface area (Å²) < 4.78 is 0. The molecule has 1 saturated carbocycles. The van der Waals surface area contributed by atoms with Gasteiger partial charge in [-0.15, -0.1) is 0 Å². The van der Waals surface area contributed by atoms with Gasteiger partial charge in [-0.25, -0.2) is 4.99 Å². The number of carbonyl (C=O) groups excluding carboxylic acids is 1. The van der Waals surface area contributed by atoms with Crippen molar-refractivity contribution < 1.29 is 4.79 Å². The summed E-state index contributed by atoms with van der Waals surface area (Å²) in [5, 5.41) is 3.38. The third-order valence-electron chi connectivity index (χ3n) is 5.06. The van der Waals surface area contributed by atoms with Gasteiger partial charge >= 0.3 is 0 Å². The van der Waals surface area contributed by atoms with Crippen LogP contribution in [0.1, 0.15) is 45.4 Å². The highest BCUT2D eigenvalue weighted by Gasteiger charge is 2.39. The van der Waals surface area contributed by atoms with Crippen LogP contribution in [0.2, 0.25) is 0 Å². The van der Waals surface area contributed by atoms with Crippen molar-refractivity contribution >= 4 is 11.9 Å². The van der Waals surface area contributed by atoms with Gasteiger partial charge in [0, 0.05) is 33.7 Å². The highest BCUT2D eigenvalue weighted by atomic mass is 16.2. The minimum Gasteiger partial charge on any atom is -0.353 e. The molecule has 1 aliphatic carbocycles. The fraction of sp³-hybridized carbons (Fsp3) is 0.778. The first-order chi connectivity index (χ1) is 10.9. The second kappa shape index (κ2) is 7.84. The molecule has 5 nitrogen and oxygen atoms in total. The summed E-state index contributed by atoms with van der Waals surface area (Å²) in [5.74, 6) is 0.900. The molecule has 1 spiro atoms. The van der Waals surface area contributed by atoms with Gasteiger partial charge in [-0.3, -0.25) is 4.79 Å². The summed E-state index contributed by atoms with van der Waals surface area (Å²) in [5.41, 5.74) is 1.55. The third-order valence-corrected chi connectivity index (χ3v) is 5.06. The van der Waals surface area contributed by atoms with Gasteiger partial charge in [0.05, 0.1) is 0 Å². The van der Waals surface area contributed by atoms with Crippen molar-refractivity contribution in [3.05, 3.63) is 12.2 Å². The predicted molar refractivity (Wildman–Crippen MR) is 95.5 cm³/mol. The molecule has 2 fully saturated rings. The molecule has 1 amide bonds. The fourth-order valence-electron chi connectivity index (χ4n) is 3.61. The Hall–Kier alpha value is -1.52. The summed E-state index contributed by atoms with van der Waals surface area (Å²) in [4.78, 5) is 20.4. The number of hydrogen-bond donors (Lipinski definition) is 1. The lowest BCUT2D eigenvalue weighted by Crippen LogP contribution is -2.43. The first kappa shape index (κ1) is 17.8. The summed E-state index contributed by atoms with van der Waals surface area (Å²) >= 11 is 0. The van der Waals surface area contributed by atoms with Gasteiger partial charge in [-0.2, -0.15) is 0 Å². The number of aliphatic imine (C=N–C) groups is 1. The van der Waals surface area contributed by atoms with Crippen molar-refractivity contribution in [3.63, 3.8) is 0 Å². The zero-order valence-electron chi connectivity index (χ0n) is 15.0. The van der Waals surface area contributed by atoms with E-state index in [1.807, 2.05) is 6.92 Å². The molecule has 130 valence electrons. The van der Waals surface area contributed by atoms with Crippen molar-refractivity contribution in [2.75, 3.05) is 40.3 Å². The molecule has 0 aromatic heterocycles. The lowest BCUT2D eigenvalue weighted by atomic mass is 9.73. The SMILES string of the molecule is C=C(C)CNC(=NCC(=O)N(C)C)N1CCC2(CCCCC2)C1. The number of likely N-dealkylation sites (tertiary alicyclic amines) is 1. The largest absolute Gasteiger partial charge is 0.353 e. The first-order valence-corrected chi connectivity index (χ1v) is 8.80. The fourth-order valence-corrected chi connectivity index (χ4v) is 3.61. The average Bonchev–Trinajstić information content (AvgIpc) is 2.90. The highest BCUT2D eigenvalue weighted by Crippen LogP contribution is 2.43. The Kier molecular flexibility index (Phi) is 6.08. The zero-order chi connectivity index (χ0) is 16.9. The number of nitrogens with one attached hydrogen (secondary N) is 1. The van der Waals surface area contributed by atoms with Crippen LogP contribution < -0.4 is 5.32 Å². The van der Waals surface area contributed by atoms with E-state index in [1.54, 1.807) is 19.0 Å². The summed E-state index contributed by atoms with van der Waals surface area (Å²) in [6.07, 6.45) is 8.04. The van der Waals surface area contributed by atoms with E-state index in [2.05, 4.69) is 21.8 Å². The maximum absolute atomic E-state index is 11.9. The van der Waals surface area contributed by atoms with E-state index in [1.165, 1.54) is 38.5 Å². The number of carbonyl (C=O) groups is 1. The van der Waals surface area contributed by atoms with Gasteiger partial charge < -0.3 is 15.1 Å². The van der Waals surface area contributed by atoms with Crippen LogP contribution in [0.25, 0.3) is 0 Å². The molecule has 0 radical (unpaired) electrons. The van der Waals surface area contributed by atoms with E-state index < -0.39 is 0 Å². The number of likely N-dealkylation sites (N-methyl/N-ethyl adjacent to an activating group) is 1. The van der Waals surface area contributed by atoms with Crippen molar-refractivity contribution in [1.29, 1.82) is 0 Å². The van der Waals surface area contributed by atoms with Gasteiger partial charge in [0.1, 0.15) is 6.54 Å². The molecule has 2 aliphatic rings. The van der Waals surface area contributed by atoms with Crippen molar-refractivity contribution in [3.8, 4) is 0 Å². The molecule has 1 aliphatic heterocycles. The normalized spacial score (nSPS) is 20.7. The molecular formula is C18H32N4O. The summed E-state index contributed by atoms with van der Waals surface area (Å²) in [7, 11) is 3.54. The molecule has 2 rings (SSSR count). The lowest BCUT2D eigenvalue weighted by molar-refractivity contribution is -0.127. The van der Waals surface area contributed by atoms with Crippen LogP contribution in [-0.4, -0.2) is 61.9 Å². The number of rotatable bonds is 4. The average molecular weight is 320 g/mol. The minimum atomic E-state index is 0.0335. The first-order valence-electron chi connectivity index (χ1n) is 8.80. The van der Waals surface area contributed by atoms with Gasteiger partial charge in [0.15, 0.2) is 5.96 Å². The molecule has 0 aromatic rings. The van der Waals surface area contributed by atoms with Crippen LogP contribution in [0.3, 0.4) is 0 Å². The number of hydrogen-bond acceptors (Lipinski definition) is 2. The van der Waals surface area contributed by atoms with Crippen LogP contribution in [0.5, 0.6) is 0 Å². The van der Waals surface area contributed by atoms with Crippen LogP contribution in [0, 0.1) is 5.41 Å². The molecule has 1 N–H and O–H groups in total. The van der Waals surface area contributed by atoms with E-state index in [4.69, 9.17) is 0 Å². The molecule has 0 atom stereocenters. The zero-order valence-corrected chi connectivity index (χ0v) is 15.0. The third kappa shape index (κ3) is 4.98. The molecular weight excluding hydrogens is 288 g/mol. The molecule has 1 saturated heterocycles. The maximum atomic E-state index is 11.9. The Morgan fingerprint density at radius 3 is 2.57 bits per heavy atom. The van der Waals surface area contributed by atoms with Crippen LogP contribution in [0.15, 0.2) is 17.1 Å². The van der Waals surface area contributed by atoms with E-state index in [9.17, 15) is 4.79 Å². The molecule has 23 heavy (non-hydrogen) atoms. The van der Waals surface area contributed by atoms with Crippen molar-refractivity contribution in [2.45, 2.75) is 45.4 Å². The Bertz CT molecular complexity index is 464. The molecule has 0 aromatic carbocycles. The second-order valence-electron chi connectivity index (χ2n) is 7.47. The maximum Gasteiger partial charge on any atom is 0.243 e.